The first-order chi connectivity index (χ1) is 10.8. The van der Waals surface area contributed by atoms with E-state index in [0.29, 0.717) is 0 Å². The molecule has 2 amide bonds. The zero-order valence-corrected chi connectivity index (χ0v) is 13.6. The molecule has 2 aliphatic rings. The second kappa shape index (κ2) is 7.73. The number of hydrogen-bond donors (Lipinski definition) is 2. The molecule has 0 spiro atoms. The molecule has 0 aromatic rings. The molecule has 1 saturated heterocycles. The van der Waals surface area contributed by atoms with Gasteiger partial charge in [-0.2, -0.15) is 13.2 Å². The van der Waals surface area contributed by atoms with Crippen LogP contribution < -0.4 is 5.32 Å². The molecule has 0 radical (unpaired) electrons. The first-order valence-electron chi connectivity index (χ1n) is 8.61. The molecule has 2 rings (SSSR count). The van der Waals surface area contributed by atoms with E-state index in [1.165, 1.54) is 6.42 Å². The summed E-state index contributed by atoms with van der Waals surface area (Å²) in [5.41, 5.74) is 0. The van der Waals surface area contributed by atoms with Crippen molar-refractivity contribution in [3.63, 3.8) is 0 Å². The number of alkyl halides is 3. The zero-order valence-electron chi connectivity index (χ0n) is 13.6. The Morgan fingerprint density at radius 1 is 1.17 bits per heavy atom. The van der Waals surface area contributed by atoms with Gasteiger partial charge in [0.15, 0.2) is 6.10 Å². The number of aliphatic hydroxyl groups is 1. The topological polar surface area (TPSA) is 52.6 Å². The number of hydrogen-bond acceptors (Lipinski definition) is 2. The van der Waals surface area contributed by atoms with Gasteiger partial charge in [0.25, 0.3) is 0 Å². The van der Waals surface area contributed by atoms with Crippen LogP contribution in [0.3, 0.4) is 0 Å². The summed E-state index contributed by atoms with van der Waals surface area (Å²) in [5.74, 6) is -0.0539. The number of carbonyl (C=O) groups is 1. The van der Waals surface area contributed by atoms with E-state index in [1.54, 1.807) is 4.90 Å². The molecular weight excluding hydrogens is 309 g/mol. The predicted molar refractivity (Wildman–Crippen MR) is 80.9 cm³/mol. The van der Waals surface area contributed by atoms with Gasteiger partial charge in [0.2, 0.25) is 0 Å². The Hall–Kier alpha value is -0.980. The van der Waals surface area contributed by atoms with E-state index in [-0.39, 0.29) is 38.0 Å². The highest BCUT2D eigenvalue weighted by Gasteiger charge is 2.44. The van der Waals surface area contributed by atoms with Crippen LogP contribution in [0.4, 0.5) is 18.0 Å². The molecule has 1 aliphatic carbocycles. The van der Waals surface area contributed by atoms with Crippen molar-refractivity contribution < 1.29 is 23.1 Å². The Morgan fingerprint density at radius 3 is 2.22 bits per heavy atom. The minimum atomic E-state index is -4.58. The zero-order chi connectivity index (χ0) is 17.0. The number of carbonyl (C=O) groups excluding carboxylic acids is 1. The lowest BCUT2D eigenvalue weighted by Gasteiger charge is -2.36. The lowest BCUT2D eigenvalue weighted by atomic mass is 9.84. The van der Waals surface area contributed by atoms with Gasteiger partial charge in [-0.3, -0.25) is 0 Å². The highest BCUT2D eigenvalue weighted by atomic mass is 19.4. The van der Waals surface area contributed by atoms with Crippen LogP contribution in [0.5, 0.6) is 0 Å². The first-order valence-corrected chi connectivity index (χ1v) is 8.61. The van der Waals surface area contributed by atoms with Crippen LogP contribution in [-0.2, 0) is 0 Å². The number of amides is 2. The van der Waals surface area contributed by atoms with Crippen molar-refractivity contribution in [1.29, 1.82) is 0 Å². The molecule has 1 aliphatic heterocycles. The summed E-state index contributed by atoms with van der Waals surface area (Å²) in [5, 5.41) is 12.3. The fourth-order valence-corrected chi connectivity index (χ4v) is 3.67. The Morgan fingerprint density at radius 2 is 1.74 bits per heavy atom. The van der Waals surface area contributed by atoms with Crippen molar-refractivity contribution in [2.75, 3.05) is 13.1 Å². The Balaban J connectivity index is 1.74. The molecule has 0 aromatic carbocycles. The maximum atomic E-state index is 12.5. The van der Waals surface area contributed by atoms with Gasteiger partial charge in [0.05, 0.1) is 0 Å². The Bertz CT molecular complexity index is 387. The Labute approximate surface area is 135 Å². The molecule has 1 atom stereocenters. The molecule has 134 valence electrons. The van der Waals surface area contributed by atoms with Crippen LogP contribution >= 0.6 is 0 Å². The number of piperidine rings is 1. The molecule has 1 saturated carbocycles. The van der Waals surface area contributed by atoms with E-state index in [1.807, 2.05) is 0 Å². The van der Waals surface area contributed by atoms with Crippen molar-refractivity contribution in [2.45, 2.75) is 70.2 Å². The van der Waals surface area contributed by atoms with E-state index in [4.69, 9.17) is 0 Å². The molecule has 1 unspecified atom stereocenters. The minimum absolute atomic E-state index is 0.176. The molecule has 2 N–H and O–H groups in total. The van der Waals surface area contributed by atoms with Gasteiger partial charge in [-0.05, 0) is 50.4 Å². The second-order valence-corrected chi connectivity index (χ2v) is 6.89. The average Bonchev–Trinajstić information content (AvgIpc) is 2.54. The van der Waals surface area contributed by atoms with Crippen LogP contribution in [-0.4, -0.2) is 47.4 Å². The van der Waals surface area contributed by atoms with Crippen molar-refractivity contribution >= 4 is 6.03 Å². The number of nitrogens with zero attached hydrogens (tertiary/aromatic N) is 1. The first kappa shape index (κ1) is 18.4. The van der Waals surface area contributed by atoms with Gasteiger partial charge in [-0.1, -0.05) is 13.3 Å². The third-order valence-corrected chi connectivity index (χ3v) is 5.36. The van der Waals surface area contributed by atoms with Crippen molar-refractivity contribution in [1.82, 2.24) is 10.2 Å². The predicted octanol–water partition coefficient (Wildman–Crippen LogP) is 3.30. The van der Waals surface area contributed by atoms with Crippen molar-refractivity contribution in [3.8, 4) is 0 Å². The number of nitrogens with one attached hydrogen (secondary N) is 1. The fourth-order valence-electron chi connectivity index (χ4n) is 3.67. The molecule has 1 heterocycles. The van der Waals surface area contributed by atoms with E-state index in [2.05, 4.69) is 12.2 Å². The van der Waals surface area contributed by atoms with Crippen LogP contribution in [0.15, 0.2) is 0 Å². The summed E-state index contributed by atoms with van der Waals surface area (Å²) >= 11 is 0. The van der Waals surface area contributed by atoms with E-state index in [0.717, 1.165) is 31.6 Å². The van der Waals surface area contributed by atoms with Gasteiger partial charge >= 0.3 is 12.2 Å². The van der Waals surface area contributed by atoms with Crippen LogP contribution in [0, 0.1) is 11.8 Å². The van der Waals surface area contributed by atoms with Crippen molar-refractivity contribution in [3.05, 3.63) is 0 Å². The van der Waals surface area contributed by atoms with Crippen LogP contribution in [0.25, 0.3) is 0 Å². The summed E-state index contributed by atoms with van der Waals surface area (Å²) in [6.45, 7) is 2.73. The lowest BCUT2D eigenvalue weighted by molar-refractivity contribution is -0.222. The molecule has 2 fully saturated rings. The number of aliphatic hydroxyl groups excluding tert-OH is 1. The van der Waals surface area contributed by atoms with Gasteiger partial charge in [-0.15, -0.1) is 0 Å². The minimum Gasteiger partial charge on any atom is -0.383 e. The summed E-state index contributed by atoms with van der Waals surface area (Å²) in [6, 6.07) is 0.00804. The maximum Gasteiger partial charge on any atom is 0.414 e. The summed E-state index contributed by atoms with van der Waals surface area (Å²) in [4.78, 5) is 13.8. The Kier molecular flexibility index (Phi) is 6.17. The summed E-state index contributed by atoms with van der Waals surface area (Å²) < 4.78 is 37.5. The van der Waals surface area contributed by atoms with Gasteiger partial charge in [-0.25, -0.2) is 4.79 Å². The molecule has 0 aromatic heterocycles. The summed E-state index contributed by atoms with van der Waals surface area (Å²) in [6.07, 6.45) is -1.09. The number of halogens is 3. The average molecular weight is 336 g/mol. The number of urea groups is 1. The molecule has 4 nitrogen and oxygen atoms in total. The van der Waals surface area contributed by atoms with E-state index < -0.39 is 18.2 Å². The summed E-state index contributed by atoms with van der Waals surface area (Å²) in [7, 11) is 0. The highest BCUT2D eigenvalue weighted by Crippen LogP contribution is 2.32. The maximum absolute atomic E-state index is 12.5. The largest absolute Gasteiger partial charge is 0.414 e. The molecule has 0 bridgehead atoms. The second-order valence-electron chi connectivity index (χ2n) is 6.89. The number of likely N-dealkylation sites (tertiary alicyclic amines) is 1. The van der Waals surface area contributed by atoms with E-state index in [9.17, 15) is 23.1 Å². The van der Waals surface area contributed by atoms with Gasteiger partial charge < -0.3 is 15.3 Å². The quantitative estimate of drug-likeness (QED) is 0.831. The molecular formula is C16H27F3N2O2. The van der Waals surface area contributed by atoms with E-state index >= 15 is 0 Å². The SMILES string of the molecule is CCC1CCC(NC(=O)N2CCC(C(O)C(F)(F)F)CC2)CC1. The standard InChI is InChI=1S/C16H27F3N2O2/c1-2-11-3-5-13(6-4-11)20-15(23)21-9-7-12(8-10-21)14(22)16(17,18)19/h11-14,22H,2-10H2,1H3,(H,20,23). The third kappa shape index (κ3) is 4.99. The monoisotopic (exact) mass is 336 g/mol. The molecule has 7 heteroatoms. The highest BCUT2D eigenvalue weighted by molar-refractivity contribution is 5.74. The van der Waals surface area contributed by atoms with Gasteiger partial charge in [0.1, 0.15) is 0 Å². The normalized spacial score (nSPS) is 28.5. The molecule has 23 heavy (non-hydrogen) atoms. The van der Waals surface area contributed by atoms with Crippen LogP contribution in [0.1, 0.15) is 51.9 Å². The smallest absolute Gasteiger partial charge is 0.383 e. The third-order valence-electron chi connectivity index (χ3n) is 5.36. The van der Waals surface area contributed by atoms with Crippen molar-refractivity contribution in [2.24, 2.45) is 11.8 Å². The number of rotatable bonds is 3. The van der Waals surface area contributed by atoms with Gasteiger partial charge in [0, 0.05) is 19.1 Å². The van der Waals surface area contributed by atoms with Crippen LogP contribution in [0.2, 0.25) is 0 Å². The lowest BCUT2D eigenvalue weighted by Crippen LogP contribution is -2.50. The fraction of sp³-hybridized carbons (Fsp3) is 0.938.